The van der Waals surface area contributed by atoms with Crippen LogP contribution in [0.2, 0.25) is 0 Å². The van der Waals surface area contributed by atoms with Crippen molar-refractivity contribution in [2.75, 3.05) is 0 Å². The Kier molecular flexibility index (Phi) is 5.95. The summed E-state index contributed by atoms with van der Waals surface area (Å²) < 4.78 is 2.44. The normalized spacial score (nSPS) is 13.7. The fourth-order valence-electron chi connectivity index (χ4n) is 9.54. The van der Waals surface area contributed by atoms with E-state index in [0.717, 1.165) is 16.7 Å². The van der Waals surface area contributed by atoms with Gasteiger partial charge in [-0.1, -0.05) is 169 Å². The highest BCUT2D eigenvalue weighted by molar-refractivity contribution is 7.99. The van der Waals surface area contributed by atoms with Gasteiger partial charge in [-0.25, -0.2) is 4.98 Å². The number of para-hydroxylation sites is 1. The number of pyridine rings is 1. The van der Waals surface area contributed by atoms with Gasteiger partial charge in [0, 0.05) is 31.3 Å². The van der Waals surface area contributed by atoms with Gasteiger partial charge in [-0.3, -0.25) is 4.57 Å². The number of rotatable bonds is 2. The van der Waals surface area contributed by atoms with Crippen molar-refractivity contribution >= 4 is 55.2 Å². The quantitative estimate of drug-likeness (QED) is 0.180. The summed E-state index contributed by atoms with van der Waals surface area (Å²) >= 11 is 1.92. The summed E-state index contributed by atoms with van der Waals surface area (Å²) in [6, 6.07) is 67.0. The minimum atomic E-state index is -0.439. The fourth-order valence-corrected chi connectivity index (χ4v) is 10.9. The lowest BCUT2D eigenvalue weighted by Crippen LogP contribution is -2.32. The lowest BCUT2D eigenvalue weighted by atomic mass is 9.67. The first kappa shape index (κ1) is 29.2. The second kappa shape index (κ2) is 10.8. The molecule has 246 valence electrons. The molecule has 0 atom stereocenters. The molecule has 8 aromatic carbocycles. The highest BCUT2D eigenvalue weighted by Gasteiger charge is 2.50. The number of aromatic nitrogens is 2. The van der Waals surface area contributed by atoms with Gasteiger partial charge in [0.1, 0.15) is 5.82 Å². The van der Waals surface area contributed by atoms with Gasteiger partial charge in [-0.05, 0) is 74.2 Å². The summed E-state index contributed by atoms with van der Waals surface area (Å²) in [6.07, 6.45) is 0. The summed E-state index contributed by atoms with van der Waals surface area (Å²) in [5, 5.41) is 6.11. The summed E-state index contributed by atoms with van der Waals surface area (Å²) in [5.74, 6) is 0.923. The third-order valence-corrected chi connectivity index (χ3v) is 12.9. The van der Waals surface area contributed by atoms with E-state index in [1.165, 1.54) is 86.9 Å². The molecule has 10 aromatic rings. The molecule has 0 radical (unpaired) electrons. The van der Waals surface area contributed by atoms with E-state index < -0.39 is 5.41 Å². The summed E-state index contributed by atoms with van der Waals surface area (Å²) in [4.78, 5) is 8.06. The van der Waals surface area contributed by atoms with Crippen LogP contribution in [-0.2, 0) is 5.41 Å². The van der Waals surface area contributed by atoms with Crippen LogP contribution in [-0.4, -0.2) is 9.55 Å². The molecule has 1 aliphatic carbocycles. The van der Waals surface area contributed by atoms with E-state index in [0.29, 0.717) is 0 Å². The van der Waals surface area contributed by atoms with Crippen LogP contribution in [0.1, 0.15) is 22.3 Å². The highest BCUT2D eigenvalue weighted by Crippen LogP contribution is 2.63. The van der Waals surface area contributed by atoms with Gasteiger partial charge in [0.15, 0.2) is 0 Å². The first-order chi connectivity index (χ1) is 26.3. The van der Waals surface area contributed by atoms with E-state index in [1.807, 2.05) is 11.8 Å². The molecule has 0 unspecified atom stereocenters. The van der Waals surface area contributed by atoms with E-state index in [-0.39, 0.29) is 0 Å². The minimum Gasteiger partial charge on any atom is -0.293 e. The molecule has 0 saturated heterocycles. The van der Waals surface area contributed by atoms with E-state index in [4.69, 9.17) is 4.98 Å². The third-order valence-electron chi connectivity index (χ3n) is 11.6. The largest absolute Gasteiger partial charge is 0.293 e. The molecule has 0 bridgehead atoms. The Bertz CT molecular complexity index is 3110. The maximum atomic E-state index is 5.45. The van der Waals surface area contributed by atoms with Crippen LogP contribution in [0, 0.1) is 0 Å². The maximum absolute atomic E-state index is 5.45. The van der Waals surface area contributed by atoms with Crippen LogP contribution >= 0.6 is 11.8 Å². The lowest BCUT2D eigenvalue weighted by molar-refractivity contribution is 0.726. The van der Waals surface area contributed by atoms with Crippen LogP contribution in [0.4, 0.5) is 0 Å². The van der Waals surface area contributed by atoms with Crippen molar-refractivity contribution in [3.63, 3.8) is 0 Å². The fraction of sp³-hybridized carbons (Fsp3) is 0.0200. The van der Waals surface area contributed by atoms with Crippen molar-refractivity contribution in [1.29, 1.82) is 0 Å². The zero-order valence-electron chi connectivity index (χ0n) is 28.6. The van der Waals surface area contributed by atoms with Crippen LogP contribution in [0.3, 0.4) is 0 Å². The Hall–Kier alpha value is -6.42. The summed E-state index contributed by atoms with van der Waals surface area (Å²) in [5.41, 5.74) is 13.3. The predicted octanol–water partition coefficient (Wildman–Crippen LogP) is 13.0. The molecule has 0 N–H and O–H groups in total. The van der Waals surface area contributed by atoms with Gasteiger partial charge < -0.3 is 0 Å². The zero-order valence-corrected chi connectivity index (χ0v) is 29.4. The summed E-state index contributed by atoms with van der Waals surface area (Å²) in [6.45, 7) is 0. The third kappa shape index (κ3) is 3.82. The molecule has 1 spiro atoms. The Balaban J connectivity index is 1.26. The van der Waals surface area contributed by atoms with Crippen LogP contribution in [0.25, 0.3) is 71.6 Å². The number of benzene rings is 8. The molecule has 2 aromatic heterocycles. The molecule has 12 rings (SSSR count). The molecule has 53 heavy (non-hydrogen) atoms. The molecule has 3 heteroatoms. The molecule has 1 aliphatic heterocycles. The van der Waals surface area contributed by atoms with Crippen molar-refractivity contribution in [2.24, 2.45) is 0 Å². The van der Waals surface area contributed by atoms with Gasteiger partial charge >= 0.3 is 0 Å². The molecular weight excluding hydrogens is 661 g/mol. The smallest absolute Gasteiger partial charge is 0.138 e. The zero-order chi connectivity index (χ0) is 34.7. The number of hydrogen-bond acceptors (Lipinski definition) is 2. The number of hydrogen-bond donors (Lipinski definition) is 0. The minimum absolute atomic E-state index is 0.439. The highest BCUT2D eigenvalue weighted by atomic mass is 32.2. The van der Waals surface area contributed by atoms with Gasteiger partial charge in [0.05, 0.1) is 22.0 Å². The lowest BCUT2D eigenvalue weighted by Gasteiger charge is -2.40. The van der Waals surface area contributed by atoms with Crippen molar-refractivity contribution < 1.29 is 0 Å². The monoisotopic (exact) mass is 690 g/mol. The Morgan fingerprint density at radius 2 is 1.13 bits per heavy atom. The number of nitrogens with zero attached hydrogens (tertiary/aromatic N) is 2. The molecular formula is C50H30N2S. The topological polar surface area (TPSA) is 17.8 Å². The molecule has 0 amide bonds. The maximum Gasteiger partial charge on any atom is 0.138 e. The standard InChI is InChI=1S/C50H30N2S/c1-2-14-31(15-3-1)38-30-46(51-43-24-12-8-20-36(38)43)52-44-29-28-42-49(47(44)37-27-26-32-16-4-5-17-33(32)48(37)52)53-45-25-13-11-23-41(45)50(42)39-21-9-6-18-34(39)35-19-7-10-22-40(35)50/h1-30H. The van der Waals surface area contributed by atoms with E-state index in [9.17, 15) is 0 Å². The SMILES string of the molecule is c1ccc(-c2cc(-n3c4ccc5c(c4c4ccc6ccccc6c43)Sc3ccccc3C53c4ccccc4-c4ccccc43)nc3ccccc23)cc1. The van der Waals surface area contributed by atoms with Crippen LogP contribution < -0.4 is 0 Å². The van der Waals surface area contributed by atoms with E-state index in [1.54, 1.807) is 0 Å². The first-order valence-electron chi connectivity index (χ1n) is 18.2. The molecule has 2 nitrogen and oxygen atoms in total. The molecule has 2 aliphatic rings. The van der Waals surface area contributed by atoms with Gasteiger partial charge in [0.2, 0.25) is 0 Å². The van der Waals surface area contributed by atoms with Crippen molar-refractivity contribution in [3.8, 4) is 28.1 Å². The Morgan fingerprint density at radius 3 is 1.94 bits per heavy atom. The van der Waals surface area contributed by atoms with Crippen molar-refractivity contribution in [2.45, 2.75) is 15.2 Å². The molecule has 3 heterocycles. The van der Waals surface area contributed by atoms with Crippen LogP contribution in [0.5, 0.6) is 0 Å². The first-order valence-corrected chi connectivity index (χ1v) is 19.0. The van der Waals surface area contributed by atoms with Gasteiger partial charge in [0.25, 0.3) is 0 Å². The van der Waals surface area contributed by atoms with E-state index in [2.05, 4.69) is 187 Å². The average molecular weight is 691 g/mol. The molecule has 0 fully saturated rings. The van der Waals surface area contributed by atoms with E-state index >= 15 is 0 Å². The summed E-state index contributed by atoms with van der Waals surface area (Å²) in [7, 11) is 0. The van der Waals surface area contributed by atoms with Gasteiger partial charge in [-0.2, -0.15) is 0 Å². The van der Waals surface area contributed by atoms with Crippen LogP contribution in [0.15, 0.2) is 192 Å². The second-order valence-electron chi connectivity index (χ2n) is 14.2. The predicted molar refractivity (Wildman–Crippen MR) is 220 cm³/mol. The molecule has 0 saturated carbocycles. The van der Waals surface area contributed by atoms with Gasteiger partial charge in [-0.15, -0.1) is 0 Å². The number of fused-ring (bicyclic) bond motifs is 16. The Labute approximate surface area is 311 Å². The Morgan fingerprint density at radius 1 is 0.472 bits per heavy atom. The second-order valence-corrected chi connectivity index (χ2v) is 15.3. The van der Waals surface area contributed by atoms with Crippen molar-refractivity contribution in [3.05, 3.63) is 204 Å². The average Bonchev–Trinajstić information content (AvgIpc) is 3.73. The van der Waals surface area contributed by atoms with Crippen molar-refractivity contribution in [1.82, 2.24) is 9.55 Å².